The van der Waals surface area contributed by atoms with Crippen molar-refractivity contribution in [2.75, 3.05) is 6.54 Å². The molecule has 2 aromatic carbocycles. The van der Waals surface area contributed by atoms with Gasteiger partial charge in [0.2, 0.25) is 5.91 Å². The van der Waals surface area contributed by atoms with Crippen LogP contribution in [0.5, 0.6) is 0 Å². The summed E-state index contributed by atoms with van der Waals surface area (Å²) in [6, 6.07) is 11.0. The summed E-state index contributed by atoms with van der Waals surface area (Å²) in [5.41, 5.74) is 0.337. The molecule has 0 heterocycles. The summed E-state index contributed by atoms with van der Waals surface area (Å²) in [7, 11) is 0. The van der Waals surface area contributed by atoms with Gasteiger partial charge < -0.3 is 20.8 Å². The van der Waals surface area contributed by atoms with Gasteiger partial charge in [0.05, 0.1) is 23.6 Å². The van der Waals surface area contributed by atoms with Crippen LogP contribution >= 0.6 is 0 Å². The van der Waals surface area contributed by atoms with Gasteiger partial charge in [0.1, 0.15) is 0 Å². The number of alkyl halides is 2. The highest BCUT2D eigenvalue weighted by atomic mass is 19.3. The van der Waals surface area contributed by atoms with Crippen molar-refractivity contribution in [1.82, 2.24) is 10.6 Å². The van der Waals surface area contributed by atoms with Crippen LogP contribution in [0.2, 0.25) is 0 Å². The summed E-state index contributed by atoms with van der Waals surface area (Å²) in [6.45, 7) is 16.0. The molecule has 6 rings (SSSR count). The fourth-order valence-electron chi connectivity index (χ4n) is 13.0. The maximum absolute atomic E-state index is 14.9. The van der Waals surface area contributed by atoms with Crippen LogP contribution < -0.4 is 10.6 Å². The molecule has 54 heavy (non-hydrogen) atoms. The van der Waals surface area contributed by atoms with E-state index in [1.165, 1.54) is 12.8 Å². The maximum atomic E-state index is 14.9. The Balaban J connectivity index is 1.13. The van der Waals surface area contributed by atoms with Crippen molar-refractivity contribution in [3.63, 3.8) is 0 Å². The lowest BCUT2D eigenvalue weighted by atomic mass is 9.32. The van der Waals surface area contributed by atoms with Gasteiger partial charge in [-0.2, -0.15) is 8.78 Å². The molecular weight excluding hydrogens is 686 g/mol. The van der Waals surface area contributed by atoms with Crippen LogP contribution in [-0.4, -0.2) is 40.6 Å². The van der Waals surface area contributed by atoms with Crippen molar-refractivity contribution in [1.29, 1.82) is 0 Å². The largest absolute Gasteiger partial charge is 0.478 e. The zero-order chi connectivity index (χ0) is 39.5. The summed E-state index contributed by atoms with van der Waals surface area (Å²) in [5.74, 6) is -3.48. The first-order chi connectivity index (χ1) is 25.3. The number of fused-ring (bicyclic) bond motifs is 5. The quantitative estimate of drug-likeness (QED) is 0.193. The lowest BCUT2D eigenvalue weighted by molar-refractivity contribution is -0.246. The second-order valence-electron chi connectivity index (χ2n) is 18.9. The van der Waals surface area contributed by atoms with E-state index in [1.54, 1.807) is 18.2 Å². The number of carbonyl (C=O) groups excluding carboxylic acids is 2. The van der Waals surface area contributed by atoms with Gasteiger partial charge in [-0.15, -0.1) is 0 Å². The lowest BCUT2D eigenvalue weighted by Crippen LogP contribution is -2.67. The van der Waals surface area contributed by atoms with E-state index in [4.69, 9.17) is 5.11 Å². The van der Waals surface area contributed by atoms with Crippen molar-refractivity contribution in [2.45, 2.75) is 131 Å². The molecule has 4 aliphatic carbocycles. The minimum atomic E-state index is -3.40. The third-order valence-electron chi connectivity index (χ3n) is 16.3. The molecule has 0 radical (unpaired) electrons. The van der Waals surface area contributed by atoms with Crippen molar-refractivity contribution in [3.05, 3.63) is 70.8 Å². The Morgan fingerprint density at radius 2 is 1.54 bits per heavy atom. The highest BCUT2D eigenvalue weighted by Crippen LogP contribution is 2.75. The number of carboxylic acid groups (broad SMARTS) is 1. The topological polar surface area (TPSA) is 116 Å². The van der Waals surface area contributed by atoms with Gasteiger partial charge in [-0.1, -0.05) is 79.2 Å². The highest BCUT2D eigenvalue weighted by molar-refractivity contribution is 5.94. The number of halogens is 2. The molecular formula is C45H62F2N2O5. The van der Waals surface area contributed by atoms with E-state index in [1.807, 2.05) is 6.07 Å². The van der Waals surface area contributed by atoms with Gasteiger partial charge in [0.25, 0.3) is 11.8 Å². The van der Waals surface area contributed by atoms with E-state index in [-0.39, 0.29) is 62.8 Å². The average Bonchev–Trinajstić information content (AvgIpc) is 3.13. The molecule has 296 valence electrons. The van der Waals surface area contributed by atoms with Gasteiger partial charge >= 0.3 is 5.97 Å². The summed E-state index contributed by atoms with van der Waals surface area (Å²) in [5, 5.41) is 25.7. The van der Waals surface area contributed by atoms with Gasteiger partial charge in [-0.05, 0) is 133 Å². The number of amides is 2. The molecule has 0 spiro atoms. The molecule has 0 aromatic heterocycles. The zero-order valence-corrected chi connectivity index (χ0v) is 33.4. The Hall–Kier alpha value is -3.33. The normalized spacial score (nSPS) is 35.9. The number of rotatable bonds is 10. The number of carbonyl (C=O) groups is 3. The fourth-order valence-corrected chi connectivity index (χ4v) is 13.0. The van der Waals surface area contributed by atoms with E-state index >= 15 is 0 Å². The number of aliphatic hydroxyl groups is 1. The fraction of sp³-hybridized carbons (Fsp3) is 0.667. The monoisotopic (exact) mass is 748 g/mol. The molecule has 9 heteroatoms. The summed E-state index contributed by atoms with van der Waals surface area (Å²) in [6.07, 6.45) is 9.88. The second kappa shape index (κ2) is 14.3. The highest BCUT2D eigenvalue weighted by Gasteiger charge is 2.69. The Morgan fingerprint density at radius 1 is 0.833 bits per heavy atom. The van der Waals surface area contributed by atoms with E-state index in [0.717, 1.165) is 75.6 Å². The van der Waals surface area contributed by atoms with Crippen LogP contribution in [-0.2, 0) is 17.3 Å². The van der Waals surface area contributed by atoms with Gasteiger partial charge in [0, 0.05) is 17.7 Å². The third kappa shape index (κ3) is 6.48. The number of hydrogen-bond acceptors (Lipinski definition) is 4. The van der Waals surface area contributed by atoms with Gasteiger partial charge in [-0.3, -0.25) is 9.59 Å². The van der Waals surface area contributed by atoms with E-state index < -0.39 is 29.8 Å². The Morgan fingerprint density at radius 3 is 2.20 bits per heavy atom. The predicted molar refractivity (Wildman–Crippen MR) is 206 cm³/mol. The molecule has 2 aromatic rings. The summed E-state index contributed by atoms with van der Waals surface area (Å²) < 4.78 is 29.8. The van der Waals surface area contributed by atoms with Crippen molar-refractivity contribution in [2.24, 2.45) is 50.7 Å². The third-order valence-corrected chi connectivity index (χ3v) is 16.3. The molecule has 4 aliphatic rings. The van der Waals surface area contributed by atoms with E-state index in [0.29, 0.717) is 23.3 Å². The molecule has 8 unspecified atom stereocenters. The minimum Gasteiger partial charge on any atom is -0.478 e. The lowest BCUT2D eigenvalue weighted by Gasteiger charge is -2.72. The Kier molecular flexibility index (Phi) is 10.7. The smallest absolute Gasteiger partial charge is 0.335 e. The van der Waals surface area contributed by atoms with E-state index in [2.05, 4.69) is 59.1 Å². The van der Waals surface area contributed by atoms with Crippen LogP contribution in [0.4, 0.5) is 8.78 Å². The average molecular weight is 749 g/mol. The van der Waals surface area contributed by atoms with Crippen LogP contribution in [0.1, 0.15) is 145 Å². The number of aromatic carboxylic acids is 1. The number of benzene rings is 2. The molecule has 4 fully saturated rings. The first-order valence-electron chi connectivity index (χ1n) is 20.3. The zero-order valence-electron chi connectivity index (χ0n) is 33.4. The Labute approximate surface area is 320 Å². The van der Waals surface area contributed by atoms with E-state index in [9.17, 15) is 28.3 Å². The summed E-state index contributed by atoms with van der Waals surface area (Å²) >= 11 is 0. The molecule has 2 amide bonds. The number of carboxylic acids is 1. The van der Waals surface area contributed by atoms with Crippen molar-refractivity contribution < 1.29 is 33.4 Å². The predicted octanol–water partition coefficient (Wildman–Crippen LogP) is 9.38. The first kappa shape index (κ1) is 40.3. The van der Waals surface area contributed by atoms with Crippen LogP contribution in [0.25, 0.3) is 0 Å². The molecule has 9 atom stereocenters. The number of aliphatic hydroxyl groups excluding tert-OH is 1. The van der Waals surface area contributed by atoms with Crippen LogP contribution in [0.3, 0.4) is 0 Å². The molecule has 0 saturated heterocycles. The van der Waals surface area contributed by atoms with Crippen molar-refractivity contribution >= 4 is 17.8 Å². The molecule has 7 nitrogen and oxygen atoms in total. The van der Waals surface area contributed by atoms with Crippen LogP contribution in [0.15, 0.2) is 48.5 Å². The molecule has 4 saturated carbocycles. The first-order valence-corrected chi connectivity index (χ1v) is 20.3. The van der Waals surface area contributed by atoms with Crippen molar-refractivity contribution in [3.8, 4) is 0 Å². The standard InChI is InChI=1S/C45H62F2N2O5/c1-8-20-44(24-23-42(6)33(28(44)2)16-17-35-41(5)21-19-36(50)40(3,4)34(41)18-22-43(35,42)7)39(54)48-26-29-10-9-11-31(25-29)37(51)49-27-45(46,47)32-14-12-30(13-15-32)38(52)53/h9-15,25,28,33-36,50H,8,16-24,26-27H2,1-7H3,(H,48,54)(H,49,51)(H,52,53)/t28?,33?,34?,35?,36?,41?,42-,43?,44?/m1/s1. The minimum absolute atomic E-state index is 0.0632. The second-order valence-corrected chi connectivity index (χ2v) is 18.9. The summed E-state index contributed by atoms with van der Waals surface area (Å²) in [4.78, 5) is 38.6. The molecule has 4 N–H and O–H groups in total. The molecule has 0 bridgehead atoms. The maximum Gasteiger partial charge on any atom is 0.335 e. The van der Waals surface area contributed by atoms with Gasteiger partial charge in [-0.25, -0.2) is 4.79 Å². The SMILES string of the molecule is CCCC1(C(=O)NCc2cccc(C(=O)NCC(F)(F)c3ccc(C(=O)O)cc3)c2)CC[C@]2(C)C(CCC3C4(C)CCC(O)C(C)(C)C4CCC32C)C1C. The number of hydrogen-bond donors (Lipinski definition) is 4. The molecule has 0 aliphatic heterocycles. The van der Waals surface area contributed by atoms with Crippen LogP contribution in [0, 0.1) is 50.7 Å². The van der Waals surface area contributed by atoms with Gasteiger partial charge in [0.15, 0.2) is 0 Å². The number of nitrogens with one attached hydrogen (secondary N) is 2. The Bertz CT molecular complexity index is 1750.